The average molecular weight is 291 g/mol. The lowest BCUT2D eigenvalue weighted by atomic mass is 10.3. The summed E-state index contributed by atoms with van der Waals surface area (Å²) >= 11 is 0. The summed E-state index contributed by atoms with van der Waals surface area (Å²) in [6.07, 6.45) is 0. The fraction of sp³-hybridized carbons (Fsp3) is 0.538. The van der Waals surface area contributed by atoms with Crippen LogP contribution in [0.4, 0.5) is 11.9 Å². The van der Waals surface area contributed by atoms with E-state index in [1.165, 1.54) is 0 Å². The molecule has 2 aromatic heterocycles. The second kappa shape index (κ2) is 5.94. The smallest absolute Gasteiger partial charge is 0.328 e. The Labute approximate surface area is 124 Å². The van der Waals surface area contributed by atoms with E-state index < -0.39 is 0 Å². The van der Waals surface area contributed by atoms with E-state index in [1.807, 2.05) is 41.9 Å². The van der Waals surface area contributed by atoms with Crippen LogP contribution in [-0.2, 0) is 7.05 Å². The van der Waals surface area contributed by atoms with Gasteiger partial charge in [0, 0.05) is 27.7 Å². The molecular weight excluding hydrogens is 270 g/mol. The Hall–Kier alpha value is -2.38. The number of aromatic nitrogens is 5. The van der Waals surface area contributed by atoms with Crippen LogP contribution < -0.4 is 15.0 Å². The summed E-state index contributed by atoms with van der Waals surface area (Å²) < 4.78 is 7.59. The quantitative estimate of drug-likeness (QED) is 0.894. The van der Waals surface area contributed by atoms with Gasteiger partial charge in [-0.15, -0.1) is 0 Å². The highest BCUT2D eigenvalue weighted by atomic mass is 16.5. The molecule has 0 saturated heterocycles. The third-order valence-corrected chi connectivity index (χ3v) is 2.97. The summed E-state index contributed by atoms with van der Waals surface area (Å²) in [6, 6.07) is 0.254. The maximum absolute atomic E-state index is 5.83. The number of hydrogen-bond acceptors (Lipinski definition) is 7. The molecule has 1 N–H and O–H groups in total. The van der Waals surface area contributed by atoms with E-state index in [0.29, 0.717) is 17.6 Å². The number of nitrogens with zero attached hydrogens (tertiary/aromatic N) is 6. The van der Waals surface area contributed by atoms with Gasteiger partial charge in [0.2, 0.25) is 11.9 Å². The van der Waals surface area contributed by atoms with Crippen molar-refractivity contribution in [3.63, 3.8) is 0 Å². The lowest BCUT2D eigenvalue weighted by Crippen LogP contribution is -2.15. The first-order chi connectivity index (χ1) is 9.92. The van der Waals surface area contributed by atoms with Crippen LogP contribution in [0.15, 0.2) is 0 Å². The summed E-state index contributed by atoms with van der Waals surface area (Å²) in [5.41, 5.74) is 1.72. The van der Waals surface area contributed by atoms with Crippen LogP contribution in [0.2, 0.25) is 0 Å². The van der Waals surface area contributed by atoms with E-state index in [-0.39, 0.29) is 6.01 Å². The third-order valence-electron chi connectivity index (χ3n) is 2.97. The van der Waals surface area contributed by atoms with Gasteiger partial charge in [0.1, 0.15) is 5.69 Å². The van der Waals surface area contributed by atoms with E-state index in [9.17, 15) is 0 Å². The fourth-order valence-electron chi connectivity index (χ4n) is 1.82. The van der Waals surface area contributed by atoms with Gasteiger partial charge in [-0.1, -0.05) is 0 Å². The fourth-order valence-corrected chi connectivity index (χ4v) is 1.82. The second-order valence-electron chi connectivity index (χ2n) is 4.89. The first kappa shape index (κ1) is 15.0. The van der Waals surface area contributed by atoms with Gasteiger partial charge < -0.3 is 15.0 Å². The Bertz CT molecular complexity index is 636. The van der Waals surface area contributed by atoms with Crippen molar-refractivity contribution in [1.82, 2.24) is 24.7 Å². The van der Waals surface area contributed by atoms with E-state index >= 15 is 0 Å². The van der Waals surface area contributed by atoms with Gasteiger partial charge in [-0.05, 0) is 20.8 Å². The maximum Gasteiger partial charge on any atom is 0.328 e. The molecule has 0 bridgehead atoms. The SMILES string of the molecule is CCNc1nc(Oc2c(C)nn(C)c2C)nc(N(C)C)n1. The van der Waals surface area contributed by atoms with Gasteiger partial charge in [0.05, 0.1) is 5.69 Å². The Morgan fingerprint density at radius 2 is 1.90 bits per heavy atom. The van der Waals surface area contributed by atoms with Crippen molar-refractivity contribution in [3.05, 3.63) is 11.4 Å². The van der Waals surface area contributed by atoms with Gasteiger partial charge in [-0.25, -0.2) is 0 Å². The minimum Gasteiger partial charge on any atom is -0.420 e. The van der Waals surface area contributed by atoms with E-state index in [4.69, 9.17) is 4.74 Å². The highest BCUT2D eigenvalue weighted by molar-refractivity contribution is 5.39. The number of anilines is 2. The molecule has 21 heavy (non-hydrogen) atoms. The monoisotopic (exact) mass is 291 g/mol. The van der Waals surface area contributed by atoms with Crippen LogP contribution in [0.1, 0.15) is 18.3 Å². The maximum atomic E-state index is 5.83. The molecule has 0 spiro atoms. The molecule has 0 atom stereocenters. The van der Waals surface area contributed by atoms with Crippen molar-refractivity contribution < 1.29 is 4.74 Å². The molecule has 0 radical (unpaired) electrons. The number of aryl methyl sites for hydroxylation is 2. The zero-order valence-corrected chi connectivity index (χ0v) is 13.3. The molecule has 0 saturated carbocycles. The lowest BCUT2D eigenvalue weighted by Gasteiger charge is -2.13. The number of hydrogen-bond donors (Lipinski definition) is 1. The molecule has 8 heteroatoms. The van der Waals surface area contributed by atoms with Crippen LogP contribution in [0.25, 0.3) is 0 Å². The van der Waals surface area contributed by atoms with Gasteiger partial charge in [-0.2, -0.15) is 20.1 Å². The summed E-state index contributed by atoms with van der Waals surface area (Å²) in [6.45, 7) is 6.53. The first-order valence-electron chi connectivity index (χ1n) is 6.77. The molecule has 8 nitrogen and oxygen atoms in total. The summed E-state index contributed by atoms with van der Waals surface area (Å²) in [5, 5.41) is 7.39. The standard InChI is InChI=1S/C13H21N7O/c1-7-14-11-15-12(19(4)5)17-13(16-11)21-10-8(2)18-20(6)9(10)3/h7H2,1-6H3,(H,14,15,16,17). The first-order valence-corrected chi connectivity index (χ1v) is 6.77. The highest BCUT2D eigenvalue weighted by Gasteiger charge is 2.15. The molecule has 0 aliphatic carbocycles. The largest absolute Gasteiger partial charge is 0.420 e. The van der Waals surface area contributed by atoms with Gasteiger partial charge in [0.15, 0.2) is 5.75 Å². The van der Waals surface area contributed by atoms with Crippen molar-refractivity contribution in [2.45, 2.75) is 20.8 Å². The van der Waals surface area contributed by atoms with Crippen molar-refractivity contribution >= 4 is 11.9 Å². The normalized spacial score (nSPS) is 10.6. The van der Waals surface area contributed by atoms with Crippen LogP contribution in [0.5, 0.6) is 11.8 Å². The number of rotatable bonds is 5. The molecule has 0 aromatic carbocycles. The molecule has 114 valence electrons. The van der Waals surface area contributed by atoms with Gasteiger partial charge >= 0.3 is 6.01 Å². The molecular formula is C13H21N7O. The zero-order chi connectivity index (χ0) is 15.6. The van der Waals surface area contributed by atoms with Gasteiger partial charge in [-0.3, -0.25) is 4.68 Å². The Kier molecular flexibility index (Phi) is 4.25. The Morgan fingerprint density at radius 1 is 1.19 bits per heavy atom. The lowest BCUT2D eigenvalue weighted by molar-refractivity contribution is 0.433. The van der Waals surface area contributed by atoms with E-state index in [1.54, 1.807) is 9.58 Å². The predicted octanol–water partition coefficient (Wildman–Crippen LogP) is 1.51. The molecule has 0 aliphatic rings. The summed E-state index contributed by atoms with van der Waals surface area (Å²) in [4.78, 5) is 14.7. The van der Waals surface area contributed by atoms with Crippen LogP contribution in [0.3, 0.4) is 0 Å². The zero-order valence-electron chi connectivity index (χ0n) is 13.3. The average Bonchev–Trinajstić information content (AvgIpc) is 2.65. The van der Waals surface area contributed by atoms with Crippen molar-refractivity contribution in [2.75, 3.05) is 30.9 Å². The Morgan fingerprint density at radius 3 is 2.43 bits per heavy atom. The highest BCUT2D eigenvalue weighted by Crippen LogP contribution is 2.26. The van der Waals surface area contributed by atoms with E-state index in [0.717, 1.165) is 17.9 Å². The molecule has 2 heterocycles. The van der Waals surface area contributed by atoms with Crippen LogP contribution in [-0.4, -0.2) is 45.4 Å². The predicted molar refractivity (Wildman–Crippen MR) is 81.1 cm³/mol. The van der Waals surface area contributed by atoms with Crippen molar-refractivity contribution in [2.24, 2.45) is 7.05 Å². The topological polar surface area (TPSA) is 81.0 Å². The molecule has 0 aliphatic heterocycles. The summed E-state index contributed by atoms with van der Waals surface area (Å²) in [5.74, 6) is 1.70. The van der Waals surface area contributed by atoms with Crippen LogP contribution >= 0.6 is 0 Å². The van der Waals surface area contributed by atoms with Crippen molar-refractivity contribution in [1.29, 1.82) is 0 Å². The molecule has 2 rings (SSSR count). The minimum absolute atomic E-state index is 0.254. The Balaban J connectivity index is 2.38. The van der Waals surface area contributed by atoms with Crippen molar-refractivity contribution in [3.8, 4) is 11.8 Å². The molecule has 0 unspecified atom stereocenters. The van der Waals surface area contributed by atoms with E-state index in [2.05, 4.69) is 25.4 Å². The minimum atomic E-state index is 0.254. The molecule has 0 fully saturated rings. The third kappa shape index (κ3) is 3.21. The number of ether oxygens (including phenoxy) is 1. The van der Waals surface area contributed by atoms with Crippen LogP contribution in [0, 0.1) is 13.8 Å². The molecule has 2 aromatic rings. The van der Waals surface area contributed by atoms with Gasteiger partial charge in [0.25, 0.3) is 0 Å². The molecule has 0 amide bonds. The number of nitrogens with one attached hydrogen (secondary N) is 1. The second-order valence-corrected chi connectivity index (χ2v) is 4.89. The summed E-state index contributed by atoms with van der Waals surface area (Å²) in [7, 11) is 5.61.